The van der Waals surface area contributed by atoms with Gasteiger partial charge in [-0.1, -0.05) is 29.8 Å². The largest absolute Gasteiger partial charge is 0.479 e. The standard InChI is InChI=1S/C19H20ClNO4/c1-12-5-4-6-16(9-12)25-14(3)19(23)24-11-18(22)21-17-10-15(20)8-7-13(17)2/h4-10,14H,11H2,1-3H3,(H,21,22)/t14-/m1/s1. The summed E-state index contributed by atoms with van der Waals surface area (Å²) in [6.07, 6.45) is -0.817. The van der Waals surface area contributed by atoms with Crippen LogP contribution in [0.4, 0.5) is 5.69 Å². The van der Waals surface area contributed by atoms with Gasteiger partial charge in [0.25, 0.3) is 5.91 Å². The number of aryl methyl sites for hydroxylation is 2. The molecule has 0 fully saturated rings. The lowest BCUT2D eigenvalue weighted by atomic mass is 10.2. The van der Waals surface area contributed by atoms with E-state index in [9.17, 15) is 9.59 Å². The zero-order chi connectivity index (χ0) is 18.4. The molecule has 0 spiro atoms. The van der Waals surface area contributed by atoms with Crippen molar-refractivity contribution in [3.63, 3.8) is 0 Å². The van der Waals surface area contributed by atoms with E-state index in [1.165, 1.54) is 0 Å². The molecule has 2 aromatic rings. The molecule has 0 bridgehead atoms. The Balaban J connectivity index is 1.84. The molecule has 5 nitrogen and oxygen atoms in total. The molecular weight excluding hydrogens is 342 g/mol. The van der Waals surface area contributed by atoms with E-state index in [0.717, 1.165) is 11.1 Å². The summed E-state index contributed by atoms with van der Waals surface area (Å²) in [5, 5.41) is 3.17. The smallest absolute Gasteiger partial charge is 0.347 e. The van der Waals surface area contributed by atoms with Gasteiger partial charge in [-0.2, -0.15) is 0 Å². The van der Waals surface area contributed by atoms with E-state index in [4.69, 9.17) is 21.1 Å². The van der Waals surface area contributed by atoms with Crippen LogP contribution in [-0.2, 0) is 14.3 Å². The number of esters is 1. The predicted octanol–water partition coefficient (Wildman–Crippen LogP) is 3.91. The fraction of sp³-hybridized carbons (Fsp3) is 0.263. The highest BCUT2D eigenvalue weighted by molar-refractivity contribution is 6.31. The maximum Gasteiger partial charge on any atom is 0.347 e. The zero-order valence-corrected chi connectivity index (χ0v) is 15.1. The molecule has 0 aliphatic rings. The summed E-state index contributed by atoms with van der Waals surface area (Å²) < 4.78 is 10.5. The summed E-state index contributed by atoms with van der Waals surface area (Å²) in [5.41, 5.74) is 2.46. The first-order chi connectivity index (χ1) is 11.8. The van der Waals surface area contributed by atoms with E-state index >= 15 is 0 Å². The molecule has 6 heteroatoms. The second kappa shape index (κ2) is 8.53. The third kappa shape index (κ3) is 5.80. The Kier molecular flexibility index (Phi) is 6.42. The van der Waals surface area contributed by atoms with Crippen LogP contribution in [0.5, 0.6) is 5.75 Å². The van der Waals surface area contributed by atoms with Gasteiger partial charge in [-0.05, 0) is 56.2 Å². The Morgan fingerprint density at radius 2 is 1.92 bits per heavy atom. The SMILES string of the molecule is Cc1cccc(O[C@H](C)C(=O)OCC(=O)Nc2cc(Cl)ccc2C)c1. The molecule has 25 heavy (non-hydrogen) atoms. The van der Waals surface area contributed by atoms with Gasteiger partial charge in [-0.15, -0.1) is 0 Å². The monoisotopic (exact) mass is 361 g/mol. The minimum absolute atomic E-state index is 0.397. The number of rotatable bonds is 6. The average molecular weight is 362 g/mol. The Bertz CT molecular complexity index is 776. The number of hydrogen-bond acceptors (Lipinski definition) is 4. The highest BCUT2D eigenvalue weighted by Gasteiger charge is 2.18. The lowest BCUT2D eigenvalue weighted by molar-refractivity contribution is -0.153. The predicted molar refractivity (Wildman–Crippen MR) is 97.0 cm³/mol. The second-order valence-corrected chi connectivity index (χ2v) is 6.13. The molecule has 0 aliphatic carbocycles. The van der Waals surface area contributed by atoms with Gasteiger partial charge in [0.2, 0.25) is 0 Å². The van der Waals surface area contributed by atoms with Gasteiger partial charge in [0.1, 0.15) is 5.75 Å². The number of halogens is 1. The Morgan fingerprint density at radius 3 is 2.64 bits per heavy atom. The van der Waals surface area contributed by atoms with Gasteiger partial charge in [0, 0.05) is 10.7 Å². The molecular formula is C19H20ClNO4. The van der Waals surface area contributed by atoms with E-state index in [1.54, 1.807) is 31.2 Å². The minimum atomic E-state index is -0.817. The number of hydrogen-bond donors (Lipinski definition) is 1. The summed E-state index contributed by atoms with van der Waals surface area (Å²) in [7, 11) is 0. The van der Waals surface area contributed by atoms with Crippen molar-refractivity contribution >= 4 is 29.2 Å². The first-order valence-corrected chi connectivity index (χ1v) is 8.19. The van der Waals surface area contributed by atoms with Crippen molar-refractivity contribution in [2.45, 2.75) is 26.9 Å². The van der Waals surface area contributed by atoms with E-state index in [2.05, 4.69) is 5.32 Å². The quantitative estimate of drug-likeness (QED) is 0.792. The fourth-order valence-electron chi connectivity index (χ4n) is 2.11. The van der Waals surface area contributed by atoms with Crippen molar-refractivity contribution in [1.29, 1.82) is 0 Å². The number of carbonyl (C=O) groups is 2. The summed E-state index contributed by atoms with van der Waals surface area (Å²) >= 11 is 5.90. The zero-order valence-electron chi connectivity index (χ0n) is 14.3. The van der Waals surface area contributed by atoms with E-state index < -0.39 is 24.6 Å². The molecule has 132 valence electrons. The van der Waals surface area contributed by atoms with Crippen LogP contribution in [-0.4, -0.2) is 24.6 Å². The van der Waals surface area contributed by atoms with Crippen LogP contribution in [0.25, 0.3) is 0 Å². The van der Waals surface area contributed by atoms with Gasteiger partial charge in [0.15, 0.2) is 12.7 Å². The average Bonchev–Trinajstić information content (AvgIpc) is 2.56. The highest BCUT2D eigenvalue weighted by atomic mass is 35.5. The third-order valence-corrected chi connectivity index (χ3v) is 3.69. The molecule has 0 heterocycles. The van der Waals surface area contributed by atoms with Crippen molar-refractivity contribution in [2.24, 2.45) is 0 Å². The molecule has 0 saturated heterocycles. The second-order valence-electron chi connectivity index (χ2n) is 5.69. The summed E-state index contributed by atoms with van der Waals surface area (Å²) in [5.74, 6) is -0.482. The first kappa shape index (κ1) is 18.8. The van der Waals surface area contributed by atoms with Crippen LogP contribution in [0.2, 0.25) is 5.02 Å². The van der Waals surface area contributed by atoms with Gasteiger partial charge in [0.05, 0.1) is 0 Å². The van der Waals surface area contributed by atoms with Crippen molar-refractivity contribution in [1.82, 2.24) is 0 Å². The topological polar surface area (TPSA) is 64.6 Å². The Hall–Kier alpha value is -2.53. The van der Waals surface area contributed by atoms with Crippen molar-refractivity contribution in [2.75, 3.05) is 11.9 Å². The number of anilines is 1. The molecule has 0 saturated carbocycles. The number of ether oxygens (including phenoxy) is 2. The number of carbonyl (C=O) groups excluding carboxylic acids is 2. The molecule has 1 amide bonds. The van der Waals surface area contributed by atoms with Crippen molar-refractivity contribution in [3.05, 3.63) is 58.6 Å². The lowest BCUT2D eigenvalue weighted by Gasteiger charge is -2.14. The van der Waals surface area contributed by atoms with Crippen LogP contribution in [0.15, 0.2) is 42.5 Å². The summed E-state index contributed by atoms with van der Waals surface area (Å²) in [4.78, 5) is 23.9. The van der Waals surface area contributed by atoms with Crippen LogP contribution >= 0.6 is 11.6 Å². The van der Waals surface area contributed by atoms with E-state index in [0.29, 0.717) is 16.5 Å². The minimum Gasteiger partial charge on any atom is -0.479 e. The van der Waals surface area contributed by atoms with Crippen LogP contribution in [0.1, 0.15) is 18.1 Å². The molecule has 1 N–H and O–H groups in total. The van der Waals surface area contributed by atoms with Crippen LogP contribution < -0.4 is 10.1 Å². The van der Waals surface area contributed by atoms with Crippen LogP contribution in [0, 0.1) is 13.8 Å². The van der Waals surface area contributed by atoms with Gasteiger partial charge in [-0.3, -0.25) is 4.79 Å². The molecule has 2 rings (SSSR count). The molecule has 0 unspecified atom stereocenters. The van der Waals surface area contributed by atoms with Gasteiger partial charge < -0.3 is 14.8 Å². The number of nitrogens with one attached hydrogen (secondary N) is 1. The maximum absolute atomic E-state index is 12.0. The van der Waals surface area contributed by atoms with Crippen molar-refractivity contribution in [3.8, 4) is 5.75 Å². The van der Waals surface area contributed by atoms with Crippen molar-refractivity contribution < 1.29 is 19.1 Å². The molecule has 0 radical (unpaired) electrons. The summed E-state index contributed by atoms with van der Waals surface area (Å²) in [6.45, 7) is 4.95. The Labute approximate surface area is 151 Å². The van der Waals surface area contributed by atoms with E-state index in [1.807, 2.05) is 32.0 Å². The normalized spacial score (nSPS) is 11.5. The number of benzene rings is 2. The highest BCUT2D eigenvalue weighted by Crippen LogP contribution is 2.20. The lowest BCUT2D eigenvalue weighted by Crippen LogP contribution is -2.29. The molecule has 1 atom stereocenters. The molecule has 0 aliphatic heterocycles. The number of amides is 1. The fourth-order valence-corrected chi connectivity index (χ4v) is 2.28. The Morgan fingerprint density at radius 1 is 1.16 bits per heavy atom. The third-order valence-electron chi connectivity index (χ3n) is 3.45. The van der Waals surface area contributed by atoms with Gasteiger partial charge in [-0.25, -0.2) is 4.79 Å². The van der Waals surface area contributed by atoms with Gasteiger partial charge >= 0.3 is 5.97 Å². The molecule has 2 aromatic carbocycles. The van der Waals surface area contributed by atoms with Crippen LogP contribution in [0.3, 0.4) is 0 Å². The maximum atomic E-state index is 12.0. The first-order valence-electron chi connectivity index (χ1n) is 7.81. The molecule has 0 aromatic heterocycles. The van der Waals surface area contributed by atoms with E-state index in [-0.39, 0.29) is 0 Å². The summed E-state index contributed by atoms with van der Waals surface area (Å²) in [6, 6.07) is 12.5.